The van der Waals surface area contributed by atoms with Crippen LogP contribution in [0.4, 0.5) is 5.13 Å². The number of rotatable bonds is 8. The van der Waals surface area contributed by atoms with Gasteiger partial charge >= 0.3 is 0 Å². The molecule has 2 rings (SSSR count). The standard InChI is InChI=1S/C18H21N3OS/c1-2-3-4-5-6-14-7-9-15(10-8-14)16-13-23-18(20-16)21-17(22)11-12-19/h7-10,13H,2-6,11H2,1H3,(H,20,21,22). The number of thiazole rings is 1. The number of aromatic nitrogens is 1. The van der Waals surface area contributed by atoms with Crippen LogP contribution in [0.3, 0.4) is 0 Å². The van der Waals surface area contributed by atoms with Crippen LogP contribution in [0, 0.1) is 11.3 Å². The molecule has 0 saturated carbocycles. The summed E-state index contributed by atoms with van der Waals surface area (Å²) >= 11 is 1.37. The molecule has 0 radical (unpaired) electrons. The maximum absolute atomic E-state index is 11.4. The lowest BCUT2D eigenvalue weighted by Gasteiger charge is -2.03. The monoisotopic (exact) mass is 327 g/mol. The van der Waals surface area contributed by atoms with E-state index in [0.29, 0.717) is 5.13 Å². The van der Waals surface area contributed by atoms with Gasteiger partial charge in [0.1, 0.15) is 6.42 Å². The Kier molecular flexibility index (Phi) is 6.76. The van der Waals surface area contributed by atoms with Crippen LogP contribution in [0.5, 0.6) is 0 Å². The highest BCUT2D eigenvalue weighted by Gasteiger charge is 2.07. The molecule has 5 heteroatoms. The molecule has 120 valence electrons. The van der Waals surface area contributed by atoms with E-state index in [1.807, 2.05) is 11.4 Å². The molecule has 0 unspecified atom stereocenters. The first kappa shape index (κ1) is 17.2. The zero-order chi connectivity index (χ0) is 16.5. The molecule has 0 fully saturated rings. The maximum atomic E-state index is 11.4. The van der Waals surface area contributed by atoms with E-state index in [1.54, 1.807) is 0 Å². The lowest BCUT2D eigenvalue weighted by atomic mass is 10.0. The molecule has 0 aliphatic heterocycles. The smallest absolute Gasteiger partial charge is 0.240 e. The van der Waals surface area contributed by atoms with Crippen molar-refractivity contribution in [2.75, 3.05) is 5.32 Å². The summed E-state index contributed by atoms with van der Waals surface area (Å²) < 4.78 is 0. The van der Waals surface area contributed by atoms with Crippen LogP contribution < -0.4 is 5.32 Å². The lowest BCUT2D eigenvalue weighted by Crippen LogP contribution is -2.09. The minimum absolute atomic E-state index is 0.151. The Labute approximate surface area is 141 Å². The molecule has 1 amide bonds. The molecule has 4 nitrogen and oxygen atoms in total. The van der Waals surface area contributed by atoms with Crippen LogP contribution in [-0.2, 0) is 11.2 Å². The van der Waals surface area contributed by atoms with Gasteiger partial charge in [-0.2, -0.15) is 5.26 Å². The van der Waals surface area contributed by atoms with E-state index in [9.17, 15) is 4.79 Å². The molecule has 1 heterocycles. The molecular weight excluding hydrogens is 306 g/mol. The largest absolute Gasteiger partial charge is 0.301 e. The van der Waals surface area contributed by atoms with Gasteiger partial charge in [-0.3, -0.25) is 4.79 Å². The Balaban J connectivity index is 1.93. The molecule has 0 saturated heterocycles. The number of nitrogens with one attached hydrogen (secondary N) is 1. The highest BCUT2D eigenvalue weighted by atomic mass is 32.1. The second-order valence-electron chi connectivity index (χ2n) is 5.43. The van der Waals surface area contributed by atoms with Gasteiger partial charge in [0.15, 0.2) is 5.13 Å². The van der Waals surface area contributed by atoms with Crippen molar-refractivity contribution in [2.45, 2.75) is 45.4 Å². The van der Waals surface area contributed by atoms with E-state index in [2.05, 4.69) is 41.5 Å². The Morgan fingerprint density at radius 1 is 1.26 bits per heavy atom. The highest BCUT2D eigenvalue weighted by Crippen LogP contribution is 2.25. The quantitative estimate of drug-likeness (QED) is 0.709. The molecule has 0 aliphatic carbocycles. The topological polar surface area (TPSA) is 65.8 Å². The molecule has 1 N–H and O–H groups in total. The fraction of sp³-hybridized carbons (Fsp3) is 0.389. The third-order valence-corrected chi connectivity index (χ3v) is 4.32. The minimum atomic E-state index is -0.323. The Hall–Kier alpha value is -2.19. The van der Waals surface area contributed by atoms with E-state index < -0.39 is 0 Å². The van der Waals surface area contributed by atoms with Crippen molar-refractivity contribution in [2.24, 2.45) is 0 Å². The summed E-state index contributed by atoms with van der Waals surface area (Å²) in [5, 5.41) is 13.6. The number of amides is 1. The van der Waals surface area contributed by atoms with Crippen molar-refractivity contribution in [3.63, 3.8) is 0 Å². The van der Waals surface area contributed by atoms with Crippen molar-refractivity contribution in [3.05, 3.63) is 35.2 Å². The number of benzene rings is 1. The minimum Gasteiger partial charge on any atom is -0.301 e. The SMILES string of the molecule is CCCCCCc1ccc(-c2csc(NC(=O)CC#N)n2)cc1. The van der Waals surface area contributed by atoms with Crippen LogP contribution in [-0.4, -0.2) is 10.9 Å². The molecule has 0 aliphatic rings. The van der Waals surface area contributed by atoms with Crippen molar-refractivity contribution < 1.29 is 4.79 Å². The average molecular weight is 327 g/mol. The van der Waals surface area contributed by atoms with Crippen LogP contribution in [0.1, 0.15) is 44.6 Å². The molecule has 0 spiro atoms. The number of anilines is 1. The van der Waals surface area contributed by atoms with Gasteiger partial charge in [-0.05, 0) is 18.4 Å². The molecule has 1 aromatic carbocycles. The number of aryl methyl sites for hydroxylation is 1. The molecule has 23 heavy (non-hydrogen) atoms. The van der Waals surface area contributed by atoms with E-state index in [0.717, 1.165) is 17.7 Å². The second-order valence-corrected chi connectivity index (χ2v) is 6.29. The van der Waals surface area contributed by atoms with Gasteiger partial charge in [0.05, 0.1) is 11.8 Å². The Bertz CT molecular complexity index is 670. The molecule has 0 atom stereocenters. The van der Waals surface area contributed by atoms with Gasteiger partial charge in [-0.25, -0.2) is 4.98 Å². The maximum Gasteiger partial charge on any atom is 0.240 e. The first-order valence-electron chi connectivity index (χ1n) is 7.94. The summed E-state index contributed by atoms with van der Waals surface area (Å²) in [4.78, 5) is 15.8. The fourth-order valence-electron chi connectivity index (χ4n) is 2.30. The first-order valence-corrected chi connectivity index (χ1v) is 8.82. The van der Waals surface area contributed by atoms with Gasteiger partial charge in [0, 0.05) is 10.9 Å². The van der Waals surface area contributed by atoms with Crippen molar-refractivity contribution in [1.82, 2.24) is 4.98 Å². The third kappa shape index (κ3) is 5.50. The van der Waals surface area contributed by atoms with Gasteiger partial charge in [0.25, 0.3) is 0 Å². The number of nitriles is 1. The second kappa shape index (κ2) is 9.06. The van der Waals surface area contributed by atoms with E-state index in [-0.39, 0.29) is 12.3 Å². The fourth-order valence-corrected chi connectivity index (χ4v) is 3.03. The van der Waals surface area contributed by atoms with Gasteiger partial charge in [-0.15, -0.1) is 11.3 Å². The van der Waals surface area contributed by atoms with Crippen molar-refractivity contribution in [3.8, 4) is 17.3 Å². The predicted octanol–water partition coefficient (Wildman–Crippen LogP) is 4.79. The molecule has 2 aromatic rings. The van der Waals surface area contributed by atoms with Gasteiger partial charge in [0.2, 0.25) is 5.91 Å². The summed E-state index contributed by atoms with van der Waals surface area (Å²) in [5.74, 6) is -0.323. The summed E-state index contributed by atoms with van der Waals surface area (Å²) in [6.45, 7) is 2.22. The number of hydrogen-bond donors (Lipinski definition) is 1. The third-order valence-electron chi connectivity index (χ3n) is 3.56. The Morgan fingerprint density at radius 3 is 2.74 bits per heavy atom. The molecule has 1 aromatic heterocycles. The summed E-state index contributed by atoms with van der Waals surface area (Å²) in [6, 6.07) is 10.3. The zero-order valence-electron chi connectivity index (χ0n) is 13.3. The first-order chi connectivity index (χ1) is 11.2. The van der Waals surface area contributed by atoms with Crippen LogP contribution in [0.2, 0.25) is 0 Å². The number of carbonyl (C=O) groups excluding carboxylic acids is 1. The van der Waals surface area contributed by atoms with E-state index >= 15 is 0 Å². The summed E-state index contributed by atoms with van der Waals surface area (Å²) in [6.07, 6.45) is 6.05. The Morgan fingerprint density at radius 2 is 2.04 bits per heavy atom. The molecule has 0 bridgehead atoms. The van der Waals surface area contributed by atoms with E-state index in [4.69, 9.17) is 5.26 Å². The number of hydrogen-bond acceptors (Lipinski definition) is 4. The van der Waals surface area contributed by atoms with Crippen molar-refractivity contribution in [1.29, 1.82) is 5.26 Å². The van der Waals surface area contributed by atoms with Gasteiger partial charge < -0.3 is 5.32 Å². The van der Waals surface area contributed by atoms with E-state index in [1.165, 1.54) is 42.6 Å². The average Bonchev–Trinajstić information content (AvgIpc) is 3.01. The lowest BCUT2D eigenvalue weighted by molar-refractivity contribution is -0.115. The zero-order valence-corrected chi connectivity index (χ0v) is 14.2. The van der Waals surface area contributed by atoms with Crippen LogP contribution >= 0.6 is 11.3 Å². The normalized spacial score (nSPS) is 10.3. The molecular formula is C18H21N3OS. The van der Waals surface area contributed by atoms with Crippen LogP contribution in [0.25, 0.3) is 11.3 Å². The number of carbonyl (C=O) groups is 1. The van der Waals surface area contributed by atoms with Gasteiger partial charge in [-0.1, -0.05) is 50.5 Å². The summed E-state index contributed by atoms with van der Waals surface area (Å²) in [5.41, 5.74) is 3.24. The van der Waals surface area contributed by atoms with Crippen LogP contribution in [0.15, 0.2) is 29.6 Å². The highest BCUT2D eigenvalue weighted by molar-refractivity contribution is 7.14. The van der Waals surface area contributed by atoms with Crippen molar-refractivity contribution >= 4 is 22.4 Å². The number of nitrogens with zero attached hydrogens (tertiary/aromatic N) is 2. The predicted molar refractivity (Wildman–Crippen MR) is 94.3 cm³/mol. The number of unbranched alkanes of at least 4 members (excludes halogenated alkanes) is 3. The summed E-state index contributed by atoms with van der Waals surface area (Å²) in [7, 11) is 0.